The number of rotatable bonds is 6. The minimum atomic E-state index is -2.41. The molecule has 1 aromatic rings. The first kappa shape index (κ1) is 15.6. The summed E-state index contributed by atoms with van der Waals surface area (Å²) in [6.07, 6.45) is 1.76. The van der Waals surface area contributed by atoms with E-state index >= 15 is 0 Å². The second kappa shape index (κ2) is 7.88. The van der Waals surface area contributed by atoms with Gasteiger partial charge in [-0.05, 0) is 24.1 Å². The van der Waals surface area contributed by atoms with Crippen LogP contribution in [0.25, 0.3) is 0 Å². The topological polar surface area (TPSA) is 95.7 Å². The maximum atomic E-state index is 11.9. The van der Waals surface area contributed by atoms with Crippen LogP contribution in [0.1, 0.15) is 25.3 Å². The van der Waals surface area contributed by atoms with E-state index in [1.54, 1.807) is 24.3 Å². The van der Waals surface area contributed by atoms with E-state index < -0.39 is 17.3 Å². The quantitative estimate of drug-likeness (QED) is 0.546. The molecule has 0 aromatic heterocycles. The average molecular weight is 285 g/mol. The van der Waals surface area contributed by atoms with Gasteiger partial charge in [-0.25, -0.2) is 9.00 Å². The van der Waals surface area contributed by atoms with Crippen molar-refractivity contribution in [2.24, 2.45) is 5.73 Å². The van der Waals surface area contributed by atoms with Gasteiger partial charge in [0.05, 0.1) is 5.69 Å². The molecule has 0 aliphatic rings. The van der Waals surface area contributed by atoms with Crippen molar-refractivity contribution in [3.63, 3.8) is 0 Å². The molecule has 0 spiro atoms. The fraction of sp³-hybridized carbons (Fsp3) is 0.417. The second-order valence-electron chi connectivity index (χ2n) is 3.98. The number of hydrogen-bond acceptors (Lipinski definition) is 3. The van der Waals surface area contributed by atoms with Crippen LogP contribution in [0, 0.1) is 0 Å². The Morgan fingerprint density at radius 1 is 1.42 bits per heavy atom. The third-order valence-corrected chi connectivity index (χ3v) is 3.24. The van der Waals surface area contributed by atoms with Crippen LogP contribution >= 0.6 is 0 Å². The molecule has 0 saturated heterocycles. The predicted molar refractivity (Wildman–Crippen MR) is 75.9 cm³/mol. The van der Waals surface area contributed by atoms with Gasteiger partial charge in [0.25, 0.3) is 11.3 Å². The first-order valence-electron chi connectivity index (χ1n) is 6.08. The maximum Gasteiger partial charge on any atom is 0.335 e. The van der Waals surface area contributed by atoms with Gasteiger partial charge in [0.2, 0.25) is 0 Å². The molecule has 1 unspecified atom stereocenters. The van der Waals surface area contributed by atoms with Gasteiger partial charge in [-0.15, -0.1) is 0 Å². The Morgan fingerprint density at radius 2 is 2.05 bits per heavy atom. The number of nitrogens with zero attached hydrogens (tertiary/aromatic N) is 1. The molecule has 0 aliphatic heterocycles. The van der Waals surface area contributed by atoms with Crippen molar-refractivity contribution in [3.05, 3.63) is 29.8 Å². The molecule has 4 N–H and O–H groups in total. The number of carbonyl (C=O) groups excluding carboxylic acids is 1. The second-order valence-corrected chi connectivity index (χ2v) is 4.81. The van der Waals surface area contributed by atoms with E-state index in [0.717, 1.165) is 22.7 Å². The molecule has 0 fully saturated rings. The minimum absolute atomic E-state index is 0.354. The van der Waals surface area contributed by atoms with Gasteiger partial charge in [0, 0.05) is 13.1 Å². The lowest BCUT2D eigenvalue weighted by Gasteiger charge is -2.18. The van der Waals surface area contributed by atoms with E-state index in [0.29, 0.717) is 18.8 Å². The number of benzene rings is 1. The van der Waals surface area contributed by atoms with E-state index in [1.807, 2.05) is 6.92 Å². The van der Waals surface area contributed by atoms with Crippen molar-refractivity contribution < 1.29 is 13.6 Å². The number of hydrogen-bond donors (Lipinski definition) is 3. The third kappa shape index (κ3) is 4.62. The molecule has 0 radical (unpaired) electrons. The molecule has 0 heterocycles. The molecule has 1 atom stereocenters. The average Bonchev–Trinajstić information content (AvgIpc) is 2.39. The first-order valence-corrected chi connectivity index (χ1v) is 7.14. The lowest BCUT2D eigenvalue weighted by atomic mass is 10.2. The first-order chi connectivity index (χ1) is 9.10. The van der Waals surface area contributed by atoms with Crippen molar-refractivity contribution in [1.82, 2.24) is 5.32 Å². The minimum Gasteiger partial charge on any atom is -0.337 e. The number of urea groups is 1. The van der Waals surface area contributed by atoms with Gasteiger partial charge in [-0.2, -0.15) is 4.31 Å². The Morgan fingerprint density at radius 3 is 2.53 bits per heavy atom. The lowest BCUT2D eigenvalue weighted by molar-refractivity contribution is 0.249. The van der Waals surface area contributed by atoms with E-state index in [4.69, 9.17) is 5.73 Å². The van der Waals surface area contributed by atoms with Crippen LogP contribution < -0.4 is 15.4 Å². The molecule has 0 saturated carbocycles. The van der Waals surface area contributed by atoms with Crippen LogP contribution in [0.3, 0.4) is 0 Å². The van der Waals surface area contributed by atoms with Crippen molar-refractivity contribution in [2.45, 2.75) is 26.3 Å². The summed E-state index contributed by atoms with van der Waals surface area (Å²) in [6.45, 7) is 2.86. The zero-order valence-corrected chi connectivity index (χ0v) is 11.7. The lowest BCUT2D eigenvalue weighted by Crippen LogP contribution is -2.41. The molecule has 0 bridgehead atoms. The molecule has 1 rings (SSSR count). The molecule has 106 valence electrons. The highest BCUT2D eigenvalue weighted by Gasteiger charge is 2.20. The SMILES string of the molecule is CCCCNC(=O)N(c1ccc(CN)cc1)S(=O)O. The van der Waals surface area contributed by atoms with Crippen molar-refractivity contribution >= 4 is 23.0 Å². The summed E-state index contributed by atoms with van der Waals surface area (Å²) in [7, 11) is 0. The van der Waals surface area contributed by atoms with Gasteiger partial charge < -0.3 is 11.1 Å². The summed E-state index contributed by atoms with van der Waals surface area (Å²) in [5.74, 6) is 0. The summed E-state index contributed by atoms with van der Waals surface area (Å²) >= 11 is -2.41. The maximum absolute atomic E-state index is 11.9. The fourth-order valence-electron chi connectivity index (χ4n) is 1.49. The summed E-state index contributed by atoms with van der Waals surface area (Å²) in [6, 6.07) is 6.03. The summed E-state index contributed by atoms with van der Waals surface area (Å²) in [5.41, 5.74) is 6.72. The van der Waals surface area contributed by atoms with Crippen molar-refractivity contribution in [1.29, 1.82) is 0 Å². The number of carbonyl (C=O) groups is 1. The Kier molecular flexibility index (Phi) is 6.48. The van der Waals surface area contributed by atoms with Crippen molar-refractivity contribution in [3.8, 4) is 0 Å². The van der Waals surface area contributed by atoms with Gasteiger partial charge in [0.15, 0.2) is 0 Å². The Labute approximate surface area is 115 Å². The van der Waals surface area contributed by atoms with E-state index in [9.17, 15) is 13.6 Å². The molecule has 0 aliphatic carbocycles. The molecule has 6 nitrogen and oxygen atoms in total. The van der Waals surface area contributed by atoms with Gasteiger partial charge in [-0.1, -0.05) is 25.5 Å². The van der Waals surface area contributed by atoms with E-state index in [1.165, 1.54) is 0 Å². The Balaban J connectivity index is 2.81. The zero-order chi connectivity index (χ0) is 14.3. The molecule has 2 amide bonds. The van der Waals surface area contributed by atoms with E-state index in [-0.39, 0.29) is 0 Å². The molecular weight excluding hydrogens is 266 g/mol. The molecule has 19 heavy (non-hydrogen) atoms. The third-order valence-electron chi connectivity index (χ3n) is 2.55. The number of nitrogens with one attached hydrogen (secondary N) is 1. The number of amides is 2. The largest absolute Gasteiger partial charge is 0.337 e. The van der Waals surface area contributed by atoms with Crippen LogP contribution in [0.5, 0.6) is 0 Å². The number of unbranched alkanes of at least 4 members (excludes halogenated alkanes) is 1. The number of nitrogens with two attached hydrogens (primary N) is 1. The van der Waals surface area contributed by atoms with Crippen LogP contribution in [-0.4, -0.2) is 21.3 Å². The fourth-order valence-corrected chi connectivity index (χ4v) is 2.00. The Hall–Kier alpha value is -1.44. The summed E-state index contributed by atoms with van der Waals surface area (Å²) < 4.78 is 21.3. The van der Waals surface area contributed by atoms with Gasteiger partial charge >= 0.3 is 6.03 Å². The highest BCUT2D eigenvalue weighted by Crippen LogP contribution is 2.16. The highest BCUT2D eigenvalue weighted by atomic mass is 32.2. The molecular formula is C12H19N3O3S. The normalized spacial score (nSPS) is 11.9. The smallest absolute Gasteiger partial charge is 0.335 e. The van der Waals surface area contributed by atoms with Gasteiger partial charge in [0.1, 0.15) is 0 Å². The molecule has 1 aromatic carbocycles. The Bertz CT molecular complexity index is 436. The number of anilines is 1. The standard InChI is InChI=1S/C12H19N3O3S/c1-2-3-8-14-12(16)15(19(17)18)11-6-4-10(9-13)5-7-11/h4-7H,2-3,8-9,13H2,1H3,(H,14,16)(H,17,18). The van der Waals surface area contributed by atoms with Crippen LogP contribution in [0.4, 0.5) is 10.5 Å². The molecule has 7 heteroatoms. The monoisotopic (exact) mass is 285 g/mol. The summed E-state index contributed by atoms with van der Waals surface area (Å²) in [5, 5.41) is 2.60. The summed E-state index contributed by atoms with van der Waals surface area (Å²) in [4.78, 5) is 11.9. The highest BCUT2D eigenvalue weighted by molar-refractivity contribution is 7.81. The van der Waals surface area contributed by atoms with Gasteiger partial charge in [-0.3, -0.25) is 4.55 Å². The van der Waals surface area contributed by atoms with Crippen molar-refractivity contribution in [2.75, 3.05) is 10.8 Å². The zero-order valence-electron chi connectivity index (χ0n) is 10.8. The van der Waals surface area contributed by atoms with Crippen LogP contribution in [-0.2, 0) is 17.8 Å². The predicted octanol–water partition coefficient (Wildman–Crippen LogP) is 1.60. The van der Waals surface area contributed by atoms with Crippen LogP contribution in [0.15, 0.2) is 24.3 Å². The van der Waals surface area contributed by atoms with Crippen LogP contribution in [0.2, 0.25) is 0 Å². The van der Waals surface area contributed by atoms with E-state index in [2.05, 4.69) is 5.32 Å².